The zero-order valence-corrected chi connectivity index (χ0v) is 28.8. The number of rotatable bonds is 5. The monoisotopic (exact) mass is 667 g/mol. The Bertz CT molecular complexity index is 2800. The van der Waals surface area contributed by atoms with Gasteiger partial charge in [-0.15, -0.1) is 0 Å². The predicted octanol–water partition coefficient (Wildman–Crippen LogP) is 12.4. The maximum atomic E-state index is 6.04. The molecule has 2 heterocycles. The molecule has 246 valence electrons. The SMILES string of the molecule is CC1(C)c2ccccc2-c2ccc(-c3nc(-c4ccccc4)nc(-c4ccc(-c5ccc(-c6ccc7oc8ccccc8c7c6)cc5)cc4)n3)cc21. The van der Waals surface area contributed by atoms with Gasteiger partial charge < -0.3 is 4.42 Å². The molecular weight excluding hydrogens is 635 g/mol. The van der Waals surface area contributed by atoms with Crippen LogP contribution < -0.4 is 0 Å². The number of furan rings is 1. The number of fused-ring (bicyclic) bond motifs is 6. The van der Waals surface area contributed by atoms with Crippen molar-refractivity contribution in [2.75, 3.05) is 0 Å². The van der Waals surface area contributed by atoms with Crippen LogP contribution in [-0.2, 0) is 5.41 Å². The van der Waals surface area contributed by atoms with Gasteiger partial charge in [-0.1, -0.05) is 153 Å². The normalized spacial score (nSPS) is 13.0. The maximum absolute atomic E-state index is 6.04. The van der Waals surface area contributed by atoms with E-state index in [1.54, 1.807) is 0 Å². The topological polar surface area (TPSA) is 51.8 Å². The highest BCUT2D eigenvalue weighted by Gasteiger charge is 2.35. The van der Waals surface area contributed by atoms with Crippen LogP contribution in [-0.4, -0.2) is 15.0 Å². The van der Waals surface area contributed by atoms with Gasteiger partial charge in [-0.25, -0.2) is 15.0 Å². The summed E-state index contributed by atoms with van der Waals surface area (Å²) in [6.45, 7) is 4.60. The molecule has 0 N–H and O–H groups in total. The van der Waals surface area contributed by atoms with Crippen molar-refractivity contribution in [1.82, 2.24) is 15.0 Å². The molecule has 0 unspecified atom stereocenters. The van der Waals surface area contributed by atoms with E-state index in [-0.39, 0.29) is 5.41 Å². The van der Waals surface area contributed by atoms with Gasteiger partial charge in [0.15, 0.2) is 17.5 Å². The lowest BCUT2D eigenvalue weighted by Crippen LogP contribution is -2.15. The highest BCUT2D eigenvalue weighted by molar-refractivity contribution is 6.06. The van der Waals surface area contributed by atoms with Crippen LogP contribution in [0.1, 0.15) is 25.0 Å². The molecule has 0 bridgehead atoms. The highest BCUT2D eigenvalue weighted by Crippen LogP contribution is 2.49. The van der Waals surface area contributed by atoms with E-state index >= 15 is 0 Å². The van der Waals surface area contributed by atoms with E-state index in [4.69, 9.17) is 19.4 Å². The van der Waals surface area contributed by atoms with E-state index in [9.17, 15) is 0 Å². The Labute approximate surface area is 302 Å². The summed E-state index contributed by atoms with van der Waals surface area (Å²) in [4.78, 5) is 15.1. The van der Waals surface area contributed by atoms with Gasteiger partial charge in [-0.05, 0) is 68.8 Å². The quantitative estimate of drug-likeness (QED) is 0.183. The molecule has 4 heteroatoms. The Morgan fingerprint density at radius 3 is 1.60 bits per heavy atom. The molecule has 0 radical (unpaired) electrons. The second-order valence-corrected chi connectivity index (χ2v) is 14.1. The third-order valence-electron chi connectivity index (χ3n) is 10.6. The number of aromatic nitrogens is 3. The van der Waals surface area contributed by atoms with Crippen LogP contribution in [0.5, 0.6) is 0 Å². The van der Waals surface area contributed by atoms with Gasteiger partial charge in [0.2, 0.25) is 0 Å². The van der Waals surface area contributed by atoms with Gasteiger partial charge in [0.1, 0.15) is 11.2 Å². The summed E-state index contributed by atoms with van der Waals surface area (Å²) in [6.07, 6.45) is 0. The fourth-order valence-electron chi connectivity index (χ4n) is 7.77. The lowest BCUT2D eigenvalue weighted by atomic mass is 9.82. The van der Waals surface area contributed by atoms with Gasteiger partial charge >= 0.3 is 0 Å². The van der Waals surface area contributed by atoms with Crippen molar-refractivity contribution in [3.63, 3.8) is 0 Å². The van der Waals surface area contributed by atoms with E-state index in [0.717, 1.165) is 60.9 Å². The van der Waals surface area contributed by atoms with Crippen molar-refractivity contribution in [3.8, 4) is 67.5 Å². The molecule has 4 nitrogen and oxygen atoms in total. The van der Waals surface area contributed by atoms with Gasteiger partial charge in [0.25, 0.3) is 0 Å². The maximum Gasteiger partial charge on any atom is 0.164 e. The Hall–Kier alpha value is -6.65. The first-order valence-corrected chi connectivity index (χ1v) is 17.7. The lowest BCUT2D eigenvalue weighted by Gasteiger charge is -2.21. The summed E-state index contributed by atoms with van der Waals surface area (Å²) in [7, 11) is 0. The third kappa shape index (κ3) is 4.95. The zero-order valence-electron chi connectivity index (χ0n) is 28.8. The summed E-state index contributed by atoms with van der Waals surface area (Å²) >= 11 is 0. The van der Waals surface area contributed by atoms with E-state index in [1.807, 2.05) is 42.5 Å². The van der Waals surface area contributed by atoms with Crippen LogP contribution in [0.3, 0.4) is 0 Å². The fraction of sp³-hybridized carbons (Fsp3) is 0.0625. The van der Waals surface area contributed by atoms with Gasteiger partial charge in [0.05, 0.1) is 0 Å². The van der Waals surface area contributed by atoms with E-state index < -0.39 is 0 Å². The number of para-hydroxylation sites is 1. The Balaban J connectivity index is 0.985. The molecule has 0 saturated heterocycles. The average Bonchev–Trinajstić information content (AvgIpc) is 3.69. The molecule has 0 amide bonds. The molecule has 7 aromatic carbocycles. The summed E-state index contributed by atoms with van der Waals surface area (Å²) in [6, 6.07) is 57.4. The summed E-state index contributed by atoms with van der Waals surface area (Å²) in [5.74, 6) is 1.97. The molecule has 0 saturated carbocycles. The molecule has 2 aromatic heterocycles. The van der Waals surface area contributed by atoms with Crippen LogP contribution in [0.4, 0.5) is 0 Å². The molecule has 52 heavy (non-hydrogen) atoms. The van der Waals surface area contributed by atoms with Crippen molar-refractivity contribution in [3.05, 3.63) is 175 Å². The number of nitrogens with zero attached hydrogens (tertiary/aromatic N) is 3. The molecule has 0 aliphatic heterocycles. The van der Waals surface area contributed by atoms with Gasteiger partial charge in [0, 0.05) is 32.9 Å². The zero-order chi connectivity index (χ0) is 34.8. The molecule has 0 spiro atoms. The Morgan fingerprint density at radius 2 is 0.865 bits per heavy atom. The first-order valence-electron chi connectivity index (χ1n) is 17.7. The van der Waals surface area contributed by atoms with Crippen LogP contribution in [0.2, 0.25) is 0 Å². The van der Waals surface area contributed by atoms with E-state index in [0.29, 0.717) is 17.5 Å². The molecular formula is C48H33N3O. The van der Waals surface area contributed by atoms with Crippen molar-refractivity contribution in [1.29, 1.82) is 0 Å². The lowest BCUT2D eigenvalue weighted by molar-refractivity contribution is 0.660. The summed E-state index contributed by atoms with van der Waals surface area (Å²) in [5.41, 5.74) is 14.4. The minimum Gasteiger partial charge on any atom is -0.456 e. The third-order valence-corrected chi connectivity index (χ3v) is 10.6. The standard InChI is InChI=1S/C48H33N3O/c1-48(2)41-14-8-6-12-37(41)38-26-24-36(29-42(38)48)47-50-45(33-10-4-3-5-11-33)49-46(51-47)34-22-20-31(21-23-34)30-16-18-32(19-17-30)35-25-27-44-40(28-35)39-13-7-9-15-43(39)52-44/h3-29H,1-2H3. The van der Waals surface area contributed by atoms with Crippen molar-refractivity contribution >= 4 is 21.9 Å². The molecule has 1 aliphatic carbocycles. The molecule has 0 fully saturated rings. The van der Waals surface area contributed by atoms with Crippen LogP contribution in [0, 0.1) is 0 Å². The van der Waals surface area contributed by atoms with Crippen molar-refractivity contribution in [2.24, 2.45) is 0 Å². The van der Waals surface area contributed by atoms with Crippen LogP contribution in [0.25, 0.3) is 89.5 Å². The second-order valence-electron chi connectivity index (χ2n) is 14.1. The molecule has 9 aromatic rings. The highest BCUT2D eigenvalue weighted by atomic mass is 16.3. The number of benzene rings is 7. The minimum atomic E-state index is -0.115. The first-order chi connectivity index (χ1) is 25.5. The number of hydrogen-bond acceptors (Lipinski definition) is 4. The van der Waals surface area contributed by atoms with E-state index in [1.165, 1.54) is 22.3 Å². The Morgan fingerprint density at radius 1 is 0.365 bits per heavy atom. The number of hydrogen-bond donors (Lipinski definition) is 0. The first kappa shape index (κ1) is 30.2. The van der Waals surface area contributed by atoms with Crippen molar-refractivity contribution < 1.29 is 4.42 Å². The smallest absolute Gasteiger partial charge is 0.164 e. The largest absolute Gasteiger partial charge is 0.456 e. The van der Waals surface area contributed by atoms with Crippen LogP contribution >= 0.6 is 0 Å². The molecule has 1 aliphatic rings. The minimum absolute atomic E-state index is 0.115. The van der Waals surface area contributed by atoms with Gasteiger partial charge in [-0.2, -0.15) is 0 Å². The average molecular weight is 668 g/mol. The van der Waals surface area contributed by atoms with Gasteiger partial charge in [-0.3, -0.25) is 0 Å². The summed E-state index contributed by atoms with van der Waals surface area (Å²) in [5, 5.41) is 2.27. The molecule has 10 rings (SSSR count). The van der Waals surface area contributed by atoms with Crippen LogP contribution in [0.15, 0.2) is 168 Å². The Kier molecular flexibility index (Phi) is 6.80. The van der Waals surface area contributed by atoms with E-state index in [2.05, 4.69) is 135 Å². The fourth-order valence-corrected chi connectivity index (χ4v) is 7.77. The summed E-state index contributed by atoms with van der Waals surface area (Å²) < 4.78 is 6.04. The second kappa shape index (κ2) is 11.7. The molecule has 0 atom stereocenters. The predicted molar refractivity (Wildman–Crippen MR) is 212 cm³/mol. The van der Waals surface area contributed by atoms with Crippen molar-refractivity contribution in [2.45, 2.75) is 19.3 Å².